The molecule has 0 aliphatic carbocycles. The zero-order valence-corrected chi connectivity index (χ0v) is 15.0. The highest BCUT2D eigenvalue weighted by atomic mass is 32.2. The number of carbonyl (C=O) groups excluding carboxylic acids is 1. The van der Waals surface area contributed by atoms with Crippen molar-refractivity contribution >= 4 is 26.9 Å². The number of sulfonamides is 1. The van der Waals surface area contributed by atoms with Crippen LogP contribution in [0.25, 0.3) is 11.0 Å². The number of hydroxylamine groups is 1. The Hall–Kier alpha value is -1.90. The molecule has 25 heavy (non-hydrogen) atoms. The molecule has 0 saturated carbocycles. The number of hydrogen-bond acceptors (Lipinski definition) is 5. The Labute approximate surface area is 146 Å². The van der Waals surface area contributed by atoms with Crippen LogP contribution in [-0.4, -0.2) is 36.1 Å². The fourth-order valence-corrected chi connectivity index (χ4v) is 5.13. The summed E-state index contributed by atoms with van der Waals surface area (Å²) in [4.78, 5) is 11.8. The summed E-state index contributed by atoms with van der Waals surface area (Å²) in [5.41, 5.74) is 3.37. The third-order valence-electron chi connectivity index (χ3n) is 4.75. The van der Waals surface area contributed by atoms with Gasteiger partial charge in [-0.1, -0.05) is 32.0 Å². The second kappa shape index (κ2) is 6.78. The summed E-state index contributed by atoms with van der Waals surface area (Å²) in [5.74, 6) is -1.39. The smallest absolute Gasteiger partial charge is 0.247 e. The number of carbonyl (C=O) groups is 1. The van der Waals surface area contributed by atoms with Crippen molar-refractivity contribution < 1.29 is 22.8 Å². The first-order chi connectivity index (χ1) is 11.8. The summed E-state index contributed by atoms with van der Waals surface area (Å²) in [7, 11) is -3.66. The van der Waals surface area contributed by atoms with Crippen molar-refractivity contribution in [1.29, 1.82) is 0 Å². The minimum atomic E-state index is -3.66. The molecular weight excluding hydrogens is 344 g/mol. The number of hydrogen-bond donors (Lipinski definition) is 2. The Balaban J connectivity index is 1.83. The van der Waals surface area contributed by atoms with Gasteiger partial charge in [-0.05, 0) is 18.4 Å². The van der Waals surface area contributed by atoms with Gasteiger partial charge in [0.05, 0.1) is 18.2 Å². The first kappa shape index (κ1) is 17.9. The van der Waals surface area contributed by atoms with Crippen LogP contribution in [0.5, 0.6) is 0 Å². The van der Waals surface area contributed by atoms with E-state index in [0.717, 1.165) is 16.5 Å². The summed E-state index contributed by atoms with van der Waals surface area (Å²) in [5, 5.41) is 9.87. The molecule has 2 heterocycles. The Morgan fingerprint density at radius 2 is 2.08 bits per heavy atom. The largest absolute Gasteiger partial charge is 0.459 e. The van der Waals surface area contributed by atoms with Crippen LogP contribution in [-0.2, 0) is 27.8 Å². The Kier molecular flexibility index (Phi) is 4.86. The zero-order valence-electron chi connectivity index (χ0n) is 14.2. The number of nitrogens with one attached hydrogen (secondary N) is 1. The van der Waals surface area contributed by atoms with Crippen LogP contribution in [0.4, 0.5) is 0 Å². The second-order valence-electron chi connectivity index (χ2n) is 6.69. The van der Waals surface area contributed by atoms with Gasteiger partial charge in [-0.25, -0.2) is 13.9 Å². The number of rotatable bonds is 5. The highest BCUT2D eigenvalue weighted by Gasteiger charge is 2.35. The van der Waals surface area contributed by atoms with Crippen LogP contribution >= 0.6 is 0 Å². The molecule has 1 aromatic carbocycles. The number of benzene rings is 1. The number of nitrogens with zero attached hydrogens (tertiary/aromatic N) is 1. The molecular formula is C17H22N2O5S. The van der Waals surface area contributed by atoms with Gasteiger partial charge in [-0.2, -0.15) is 4.31 Å². The van der Waals surface area contributed by atoms with Crippen molar-refractivity contribution in [3.63, 3.8) is 0 Å². The number of fused-ring (bicyclic) bond motifs is 3. The first-order valence-corrected chi connectivity index (χ1v) is 9.85. The molecule has 1 atom stereocenters. The molecule has 1 aliphatic heterocycles. The van der Waals surface area contributed by atoms with E-state index in [1.165, 1.54) is 4.31 Å². The highest BCUT2D eigenvalue weighted by molar-refractivity contribution is 7.89. The van der Waals surface area contributed by atoms with Crippen molar-refractivity contribution in [3.8, 4) is 0 Å². The van der Waals surface area contributed by atoms with E-state index in [9.17, 15) is 13.2 Å². The molecule has 7 nitrogen and oxygen atoms in total. The number of furan rings is 1. The van der Waals surface area contributed by atoms with Crippen LogP contribution < -0.4 is 5.48 Å². The van der Waals surface area contributed by atoms with Crippen LogP contribution in [0.15, 0.2) is 28.7 Å². The van der Waals surface area contributed by atoms with Crippen molar-refractivity contribution in [1.82, 2.24) is 9.79 Å². The molecule has 0 fully saturated rings. The summed E-state index contributed by atoms with van der Waals surface area (Å²) >= 11 is 0. The van der Waals surface area contributed by atoms with Crippen molar-refractivity contribution in [2.24, 2.45) is 11.8 Å². The second-order valence-corrected chi connectivity index (χ2v) is 8.70. The zero-order chi connectivity index (χ0) is 18.2. The highest BCUT2D eigenvalue weighted by Crippen LogP contribution is 2.31. The molecule has 8 heteroatoms. The van der Waals surface area contributed by atoms with E-state index in [2.05, 4.69) is 0 Å². The summed E-state index contributed by atoms with van der Waals surface area (Å²) in [6.45, 7) is 4.02. The van der Waals surface area contributed by atoms with Crippen molar-refractivity contribution in [2.75, 3.05) is 12.3 Å². The summed E-state index contributed by atoms with van der Waals surface area (Å²) in [6.07, 6.45) is 0.574. The van der Waals surface area contributed by atoms with Crippen LogP contribution in [0, 0.1) is 11.8 Å². The van der Waals surface area contributed by atoms with E-state index < -0.39 is 21.8 Å². The third-order valence-corrected chi connectivity index (χ3v) is 6.63. The molecule has 1 aromatic heterocycles. The molecule has 2 N–H and O–H groups in total. The molecule has 3 rings (SSSR count). The van der Waals surface area contributed by atoms with Crippen LogP contribution in [0.2, 0.25) is 0 Å². The van der Waals surface area contributed by atoms with Crippen molar-refractivity contribution in [3.05, 3.63) is 35.6 Å². The third kappa shape index (κ3) is 3.42. The quantitative estimate of drug-likeness (QED) is 0.622. The lowest BCUT2D eigenvalue weighted by molar-refractivity contribution is -0.134. The lowest BCUT2D eigenvalue weighted by atomic mass is 9.97. The summed E-state index contributed by atoms with van der Waals surface area (Å²) < 4.78 is 32.7. The molecule has 2 aromatic rings. The lowest BCUT2D eigenvalue weighted by Crippen LogP contribution is -2.43. The molecule has 0 radical (unpaired) electrons. The van der Waals surface area contributed by atoms with Crippen LogP contribution in [0.1, 0.15) is 25.2 Å². The number of amides is 1. The summed E-state index contributed by atoms with van der Waals surface area (Å²) in [6, 6.07) is 7.66. The number of para-hydroxylation sites is 1. The van der Waals surface area contributed by atoms with Gasteiger partial charge in [-0.3, -0.25) is 10.0 Å². The average molecular weight is 366 g/mol. The minimum absolute atomic E-state index is 0.165. The van der Waals surface area contributed by atoms with Gasteiger partial charge in [0.1, 0.15) is 11.3 Å². The van der Waals surface area contributed by atoms with E-state index in [1.54, 1.807) is 19.3 Å². The molecule has 1 unspecified atom stereocenters. The maximum atomic E-state index is 12.8. The average Bonchev–Trinajstić information content (AvgIpc) is 2.96. The van der Waals surface area contributed by atoms with Gasteiger partial charge in [0, 0.05) is 17.5 Å². The molecule has 0 spiro atoms. The SMILES string of the molecule is CC(C)C(CS(=O)(=O)N1CCc2c(oc3ccccc23)C1)C(=O)NO. The molecule has 0 bridgehead atoms. The Morgan fingerprint density at radius 3 is 2.76 bits per heavy atom. The molecule has 1 amide bonds. The van der Waals surface area contributed by atoms with Gasteiger partial charge in [0.15, 0.2) is 0 Å². The van der Waals surface area contributed by atoms with Crippen LogP contribution in [0.3, 0.4) is 0 Å². The maximum Gasteiger partial charge on any atom is 0.247 e. The van der Waals surface area contributed by atoms with Gasteiger partial charge in [0.25, 0.3) is 0 Å². The van der Waals surface area contributed by atoms with E-state index in [4.69, 9.17) is 9.62 Å². The predicted molar refractivity (Wildman–Crippen MR) is 92.4 cm³/mol. The molecule has 1 aliphatic rings. The van der Waals surface area contributed by atoms with Crippen molar-refractivity contribution in [2.45, 2.75) is 26.8 Å². The van der Waals surface area contributed by atoms with E-state index in [-0.39, 0.29) is 18.2 Å². The first-order valence-electron chi connectivity index (χ1n) is 8.24. The molecule has 0 saturated heterocycles. The van der Waals surface area contributed by atoms with E-state index in [1.807, 2.05) is 24.3 Å². The normalized spacial score (nSPS) is 16.8. The van der Waals surface area contributed by atoms with Gasteiger partial charge >= 0.3 is 0 Å². The van der Waals surface area contributed by atoms with Gasteiger partial charge < -0.3 is 4.42 Å². The van der Waals surface area contributed by atoms with E-state index >= 15 is 0 Å². The maximum absolute atomic E-state index is 12.8. The van der Waals surface area contributed by atoms with Gasteiger partial charge in [0.2, 0.25) is 15.9 Å². The fourth-order valence-electron chi connectivity index (χ4n) is 3.25. The topological polar surface area (TPSA) is 99.9 Å². The Bertz CT molecular complexity index is 888. The fraction of sp³-hybridized carbons (Fsp3) is 0.471. The predicted octanol–water partition coefficient (Wildman–Crippen LogP) is 1.90. The lowest BCUT2D eigenvalue weighted by Gasteiger charge is -2.28. The van der Waals surface area contributed by atoms with E-state index in [0.29, 0.717) is 18.7 Å². The molecule has 136 valence electrons. The minimum Gasteiger partial charge on any atom is -0.459 e. The van der Waals surface area contributed by atoms with Gasteiger partial charge in [-0.15, -0.1) is 0 Å². The monoisotopic (exact) mass is 366 g/mol. The standard InChI is InChI=1S/C17H22N2O5S/c1-11(2)14(17(20)18-21)10-25(22,23)19-8-7-13-12-5-3-4-6-15(12)24-16(13)9-19/h3-6,11,14,21H,7-10H2,1-2H3,(H,18,20). The Morgan fingerprint density at radius 1 is 1.36 bits per heavy atom.